The van der Waals surface area contributed by atoms with Crippen molar-refractivity contribution < 1.29 is 0 Å². The van der Waals surface area contributed by atoms with Crippen molar-refractivity contribution in [2.24, 2.45) is 5.92 Å². The molecule has 0 aliphatic carbocycles. The van der Waals surface area contributed by atoms with Crippen molar-refractivity contribution in [2.45, 2.75) is 90.9 Å². The Morgan fingerprint density at radius 2 is 1.17 bits per heavy atom. The zero-order valence-corrected chi connectivity index (χ0v) is 12.7. The second-order valence-electron chi connectivity index (χ2n) is 5.61. The zero-order chi connectivity index (χ0) is 13.5. The lowest BCUT2D eigenvalue weighted by atomic mass is 9.94. The molecule has 1 unspecified atom stereocenters. The van der Waals surface area contributed by atoms with Gasteiger partial charge in [0.05, 0.1) is 0 Å². The molecule has 1 nitrogen and oxygen atoms in total. The molecule has 18 heavy (non-hydrogen) atoms. The molecule has 0 heterocycles. The second kappa shape index (κ2) is 14.6. The van der Waals surface area contributed by atoms with Gasteiger partial charge in [-0.1, -0.05) is 78.1 Å². The Kier molecular flexibility index (Phi) is 14.1. The number of nitrogens with zero attached hydrogens (tertiary/aromatic N) is 1. The smallest absolute Gasteiger partial charge is 0.217 e. The predicted molar refractivity (Wildman–Crippen MR) is 81.7 cm³/mol. The van der Waals surface area contributed by atoms with Crippen LogP contribution in [0.1, 0.15) is 90.9 Å². The van der Waals surface area contributed by atoms with Gasteiger partial charge in [0, 0.05) is 5.92 Å². The Labute approximate surface area is 115 Å². The maximum Gasteiger partial charge on any atom is 0.217 e. The van der Waals surface area contributed by atoms with E-state index in [1.54, 1.807) is 0 Å². The Bertz CT molecular complexity index is 192. The zero-order valence-electron chi connectivity index (χ0n) is 12.7. The molecule has 0 aliphatic rings. The van der Waals surface area contributed by atoms with Gasteiger partial charge in [-0.2, -0.15) is 0 Å². The normalized spacial score (nSPS) is 12.3. The van der Waals surface area contributed by atoms with Crippen molar-refractivity contribution in [3.05, 3.63) is 11.4 Å². The fourth-order valence-electron chi connectivity index (χ4n) is 2.53. The molecular weight excluding hydrogens is 218 g/mol. The minimum absolute atomic E-state index is 0.686. The van der Waals surface area contributed by atoms with Crippen LogP contribution < -0.4 is 0 Å². The summed E-state index contributed by atoms with van der Waals surface area (Å²) in [6.07, 6.45) is 16.2. The molecule has 106 valence electrons. The molecular formula is C17H33N. The van der Waals surface area contributed by atoms with Gasteiger partial charge in [0.2, 0.25) is 6.54 Å². The molecule has 0 aliphatic heterocycles. The first-order valence-corrected chi connectivity index (χ1v) is 8.18. The van der Waals surface area contributed by atoms with E-state index in [9.17, 15) is 0 Å². The summed E-state index contributed by atoms with van der Waals surface area (Å²) < 4.78 is 0. The first kappa shape index (κ1) is 17.5. The van der Waals surface area contributed by atoms with Crippen LogP contribution in [0.25, 0.3) is 4.85 Å². The molecule has 0 aromatic rings. The summed E-state index contributed by atoms with van der Waals surface area (Å²) in [5, 5.41) is 0. The molecule has 0 amide bonds. The number of unbranched alkanes of at least 4 members (excludes halogenated alkanes) is 8. The van der Waals surface area contributed by atoms with Gasteiger partial charge in [-0.3, -0.25) is 0 Å². The Balaban J connectivity index is 3.48. The Hall–Kier alpha value is -0.510. The van der Waals surface area contributed by atoms with E-state index in [-0.39, 0.29) is 0 Å². The van der Waals surface area contributed by atoms with Crippen LogP contribution in [0.15, 0.2) is 0 Å². The SMILES string of the molecule is [C-]#[N+]CC(CCCCCC)CCCCCCCC. The van der Waals surface area contributed by atoms with E-state index >= 15 is 0 Å². The van der Waals surface area contributed by atoms with Gasteiger partial charge < -0.3 is 4.85 Å². The van der Waals surface area contributed by atoms with Crippen molar-refractivity contribution in [1.82, 2.24) is 0 Å². The van der Waals surface area contributed by atoms with Gasteiger partial charge in [-0.25, -0.2) is 6.57 Å². The molecule has 0 aromatic carbocycles. The minimum Gasteiger partial charge on any atom is -0.317 e. The molecule has 1 atom stereocenters. The van der Waals surface area contributed by atoms with Gasteiger partial charge in [-0.05, 0) is 12.8 Å². The topological polar surface area (TPSA) is 4.36 Å². The van der Waals surface area contributed by atoms with Crippen LogP contribution in [-0.2, 0) is 0 Å². The van der Waals surface area contributed by atoms with Crippen molar-refractivity contribution in [3.8, 4) is 0 Å². The highest BCUT2D eigenvalue weighted by molar-refractivity contribution is 4.70. The van der Waals surface area contributed by atoms with Gasteiger partial charge in [0.1, 0.15) is 0 Å². The molecule has 0 N–H and O–H groups in total. The highest BCUT2D eigenvalue weighted by atomic mass is 14.6. The van der Waals surface area contributed by atoms with Crippen LogP contribution in [-0.4, -0.2) is 6.54 Å². The third-order valence-electron chi connectivity index (χ3n) is 3.78. The predicted octanol–water partition coefficient (Wildman–Crippen LogP) is 6.24. The van der Waals surface area contributed by atoms with E-state index in [0.717, 1.165) is 6.54 Å². The molecule has 0 rings (SSSR count). The van der Waals surface area contributed by atoms with Gasteiger partial charge in [0.25, 0.3) is 0 Å². The molecule has 0 radical (unpaired) electrons. The van der Waals surface area contributed by atoms with Crippen LogP contribution in [0.3, 0.4) is 0 Å². The fraction of sp³-hybridized carbons (Fsp3) is 0.941. The first-order chi connectivity index (χ1) is 8.85. The third-order valence-corrected chi connectivity index (χ3v) is 3.78. The van der Waals surface area contributed by atoms with Crippen molar-refractivity contribution in [2.75, 3.05) is 6.54 Å². The van der Waals surface area contributed by atoms with E-state index in [0.29, 0.717) is 5.92 Å². The van der Waals surface area contributed by atoms with Crippen LogP contribution in [0.4, 0.5) is 0 Å². The lowest BCUT2D eigenvalue weighted by molar-refractivity contribution is 0.427. The third kappa shape index (κ3) is 12.0. The highest BCUT2D eigenvalue weighted by Crippen LogP contribution is 2.19. The van der Waals surface area contributed by atoms with Crippen LogP contribution >= 0.6 is 0 Å². The summed E-state index contributed by atoms with van der Waals surface area (Å²) in [6, 6.07) is 0. The van der Waals surface area contributed by atoms with Crippen LogP contribution in [0.5, 0.6) is 0 Å². The largest absolute Gasteiger partial charge is 0.317 e. The standard InChI is InChI=1S/C17H33N/c1-4-6-8-10-11-13-15-17(16-18-3)14-12-9-7-5-2/h17H,4-16H2,1-2H3. The number of hydrogen-bond donors (Lipinski definition) is 0. The monoisotopic (exact) mass is 251 g/mol. The maximum atomic E-state index is 7.05. The lowest BCUT2D eigenvalue weighted by Crippen LogP contribution is -2.04. The number of rotatable bonds is 13. The van der Waals surface area contributed by atoms with Crippen LogP contribution in [0, 0.1) is 12.5 Å². The molecule has 1 heteroatoms. The maximum absolute atomic E-state index is 7.05. The average molecular weight is 251 g/mol. The molecule has 0 fully saturated rings. The molecule has 0 bridgehead atoms. The van der Waals surface area contributed by atoms with Crippen molar-refractivity contribution in [1.29, 1.82) is 0 Å². The summed E-state index contributed by atoms with van der Waals surface area (Å²) >= 11 is 0. The van der Waals surface area contributed by atoms with E-state index in [1.165, 1.54) is 77.0 Å². The van der Waals surface area contributed by atoms with Crippen molar-refractivity contribution >= 4 is 0 Å². The van der Waals surface area contributed by atoms with E-state index in [1.807, 2.05) is 0 Å². The minimum atomic E-state index is 0.686. The summed E-state index contributed by atoms with van der Waals surface area (Å²) in [6.45, 7) is 12.3. The van der Waals surface area contributed by atoms with Crippen molar-refractivity contribution in [3.63, 3.8) is 0 Å². The highest BCUT2D eigenvalue weighted by Gasteiger charge is 2.10. The molecule has 0 saturated heterocycles. The fourth-order valence-corrected chi connectivity index (χ4v) is 2.53. The molecule has 0 saturated carbocycles. The lowest BCUT2D eigenvalue weighted by Gasteiger charge is -2.11. The Morgan fingerprint density at radius 3 is 1.67 bits per heavy atom. The quantitative estimate of drug-likeness (QED) is 0.269. The van der Waals surface area contributed by atoms with E-state index in [2.05, 4.69) is 18.7 Å². The van der Waals surface area contributed by atoms with Gasteiger partial charge in [-0.15, -0.1) is 0 Å². The second-order valence-corrected chi connectivity index (χ2v) is 5.61. The molecule has 0 spiro atoms. The summed E-state index contributed by atoms with van der Waals surface area (Å²) in [5.41, 5.74) is 0. The van der Waals surface area contributed by atoms with E-state index in [4.69, 9.17) is 6.57 Å². The van der Waals surface area contributed by atoms with E-state index < -0.39 is 0 Å². The van der Waals surface area contributed by atoms with Gasteiger partial charge in [0.15, 0.2) is 0 Å². The average Bonchev–Trinajstić information content (AvgIpc) is 2.38. The summed E-state index contributed by atoms with van der Waals surface area (Å²) in [7, 11) is 0. The van der Waals surface area contributed by atoms with Crippen LogP contribution in [0.2, 0.25) is 0 Å². The molecule has 0 aromatic heterocycles. The number of hydrogen-bond acceptors (Lipinski definition) is 0. The first-order valence-electron chi connectivity index (χ1n) is 8.18. The summed E-state index contributed by atoms with van der Waals surface area (Å²) in [4.78, 5) is 3.61. The summed E-state index contributed by atoms with van der Waals surface area (Å²) in [5.74, 6) is 0.686. The Morgan fingerprint density at radius 1 is 0.722 bits per heavy atom. The van der Waals surface area contributed by atoms with Gasteiger partial charge >= 0.3 is 0 Å².